The molecule has 2 rings (SSSR count). The summed E-state index contributed by atoms with van der Waals surface area (Å²) in [4.78, 5) is 16.3. The van der Waals surface area contributed by atoms with Gasteiger partial charge in [-0.1, -0.05) is 13.8 Å². The van der Waals surface area contributed by atoms with E-state index in [-0.39, 0.29) is 5.97 Å². The maximum atomic E-state index is 11.2. The van der Waals surface area contributed by atoms with Crippen molar-refractivity contribution in [3.05, 3.63) is 0 Å². The van der Waals surface area contributed by atoms with E-state index in [0.717, 1.165) is 50.6 Å². The third-order valence-corrected chi connectivity index (χ3v) is 4.94. The molecular formula is C16H30N2O2. The van der Waals surface area contributed by atoms with E-state index in [9.17, 15) is 4.79 Å². The van der Waals surface area contributed by atoms with Crippen molar-refractivity contribution in [2.24, 2.45) is 11.8 Å². The number of piperazine rings is 1. The molecule has 116 valence electrons. The number of rotatable bonds is 4. The van der Waals surface area contributed by atoms with Gasteiger partial charge in [-0.3, -0.25) is 9.69 Å². The van der Waals surface area contributed by atoms with Gasteiger partial charge in [-0.25, -0.2) is 0 Å². The molecule has 2 aliphatic rings. The van der Waals surface area contributed by atoms with E-state index < -0.39 is 0 Å². The smallest absolute Gasteiger partial charge is 0.306 e. The molecule has 0 aromatic carbocycles. The van der Waals surface area contributed by atoms with Gasteiger partial charge < -0.3 is 9.64 Å². The van der Waals surface area contributed by atoms with Crippen LogP contribution in [0, 0.1) is 11.8 Å². The normalized spacial score (nSPS) is 33.0. The lowest BCUT2D eigenvalue weighted by atomic mass is 9.79. The minimum Gasteiger partial charge on any atom is -0.469 e. The van der Waals surface area contributed by atoms with E-state index in [2.05, 4.69) is 23.6 Å². The quantitative estimate of drug-likeness (QED) is 0.738. The molecule has 1 heterocycles. The van der Waals surface area contributed by atoms with Gasteiger partial charge in [0.15, 0.2) is 0 Å². The summed E-state index contributed by atoms with van der Waals surface area (Å²) in [6.45, 7) is 10.1. The highest BCUT2D eigenvalue weighted by Gasteiger charge is 2.30. The summed E-state index contributed by atoms with van der Waals surface area (Å²) in [6.07, 6.45) is 4.66. The Labute approximate surface area is 123 Å². The Kier molecular flexibility index (Phi) is 5.85. The zero-order chi connectivity index (χ0) is 14.5. The topological polar surface area (TPSA) is 32.8 Å². The second-order valence-electron chi connectivity index (χ2n) is 6.78. The Bertz CT molecular complexity index is 304. The molecule has 0 radical (unpaired) electrons. The number of hydrogen-bond donors (Lipinski definition) is 0. The van der Waals surface area contributed by atoms with Crippen molar-refractivity contribution in [1.82, 2.24) is 9.80 Å². The number of carbonyl (C=O) groups is 1. The molecular weight excluding hydrogens is 252 g/mol. The van der Waals surface area contributed by atoms with Crippen LogP contribution in [0.5, 0.6) is 0 Å². The van der Waals surface area contributed by atoms with E-state index >= 15 is 0 Å². The number of carbonyl (C=O) groups excluding carboxylic acids is 1. The second-order valence-corrected chi connectivity index (χ2v) is 6.78. The molecule has 4 nitrogen and oxygen atoms in total. The highest BCUT2D eigenvalue weighted by molar-refractivity contribution is 5.69. The summed E-state index contributed by atoms with van der Waals surface area (Å²) >= 11 is 0. The Morgan fingerprint density at radius 1 is 1.05 bits per heavy atom. The molecule has 1 aliphatic heterocycles. The van der Waals surface area contributed by atoms with Crippen molar-refractivity contribution in [1.29, 1.82) is 0 Å². The predicted octanol–water partition coefficient (Wildman–Crippen LogP) is 1.99. The van der Waals surface area contributed by atoms with E-state index in [1.54, 1.807) is 0 Å². The SMILES string of the molecule is COC(=O)CCN1CCN(C2CC(C)CC(C)C2)CC1. The number of nitrogens with zero attached hydrogens (tertiary/aromatic N) is 2. The largest absolute Gasteiger partial charge is 0.469 e. The van der Waals surface area contributed by atoms with Gasteiger partial charge in [0.25, 0.3) is 0 Å². The summed E-state index contributed by atoms with van der Waals surface area (Å²) in [7, 11) is 1.46. The average molecular weight is 282 g/mol. The van der Waals surface area contributed by atoms with Crippen LogP contribution in [0.1, 0.15) is 39.5 Å². The summed E-state index contributed by atoms with van der Waals surface area (Å²) in [5, 5.41) is 0. The molecule has 2 unspecified atom stereocenters. The van der Waals surface area contributed by atoms with Crippen LogP contribution in [0.4, 0.5) is 0 Å². The van der Waals surface area contributed by atoms with E-state index in [1.165, 1.54) is 26.4 Å². The van der Waals surface area contributed by atoms with Crippen LogP contribution in [0.2, 0.25) is 0 Å². The fourth-order valence-corrected chi connectivity index (χ4v) is 3.91. The van der Waals surface area contributed by atoms with Crippen molar-refractivity contribution >= 4 is 5.97 Å². The lowest BCUT2D eigenvalue weighted by Crippen LogP contribution is -2.52. The second kappa shape index (κ2) is 7.41. The molecule has 2 atom stereocenters. The third-order valence-electron chi connectivity index (χ3n) is 4.94. The summed E-state index contributed by atoms with van der Waals surface area (Å²) in [5.74, 6) is 1.66. The summed E-state index contributed by atoms with van der Waals surface area (Å²) < 4.78 is 4.71. The molecule has 1 aliphatic carbocycles. The maximum absolute atomic E-state index is 11.2. The average Bonchev–Trinajstić information content (AvgIpc) is 2.44. The summed E-state index contributed by atoms with van der Waals surface area (Å²) in [6, 6.07) is 0.788. The highest BCUT2D eigenvalue weighted by atomic mass is 16.5. The monoisotopic (exact) mass is 282 g/mol. The zero-order valence-electron chi connectivity index (χ0n) is 13.3. The fourth-order valence-electron chi connectivity index (χ4n) is 3.91. The molecule has 0 bridgehead atoms. The number of esters is 1. The van der Waals surface area contributed by atoms with Crippen LogP contribution in [0.25, 0.3) is 0 Å². The van der Waals surface area contributed by atoms with Gasteiger partial charge in [-0.2, -0.15) is 0 Å². The Morgan fingerprint density at radius 3 is 2.20 bits per heavy atom. The Morgan fingerprint density at radius 2 is 1.65 bits per heavy atom. The first-order valence-corrected chi connectivity index (χ1v) is 8.11. The fraction of sp³-hybridized carbons (Fsp3) is 0.938. The Hall–Kier alpha value is -0.610. The number of methoxy groups -OCH3 is 1. The van der Waals surface area contributed by atoms with Gasteiger partial charge in [0, 0.05) is 38.8 Å². The first kappa shape index (κ1) is 15.8. The van der Waals surface area contributed by atoms with Crippen molar-refractivity contribution in [2.45, 2.75) is 45.6 Å². The number of hydrogen-bond acceptors (Lipinski definition) is 4. The molecule has 1 saturated carbocycles. The first-order chi connectivity index (χ1) is 9.58. The van der Waals surface area contributed by atoms with Crippen molar-refractivity contribution < 1.29 is 9.53 Å². The van der Waals surface area contributed by atoms with Crippen LogP contribution in [0.3, 0.4) is 0 Å². The van der Waals surface area contributed by atoms with Crippen LogP contribution in [-0.4, -0.2) is 61.6 Å². The third kappa shape index (κ3) is 4.45. The van der Waals surface area contributed by atoms with E-state index in [4.69, 9.17) is 4.74 Å². The van der Waals surface area contributed by atoms with Crippen LogP contribution in [-0.2, 0) is 9.53 Å². The minimum atomic E-state index is -0.0950. The molecule has 2 fully saturated rings. The first-order valence-electron chi connectivity index (χ1n) is 8.11. The van der Waals surface area contributed by atoms with Gasteiger partial charge in [-0.15, -0.1) is 0 Å². The Balaban J connectivity index is 1.72. The number of ether oxygens (including phenoxy) is 1. The zero-order valence-corrected chi connectivity index (χ0v) is 13.3. The molecule has 1 saturated heterocycles. The predicted molar refractivity (Wildman–Crippen MR) is 80.6 cm³/mol. The summed E-state index contributed by atoms with van der Waals surface area (Å²) in [5.41, 5.74) is 0. The van der Waals surface area contributed by atoms with Crippen LogP contribution in [0.15, 0.2) is 0 Å². The van der Waals surface area contributed by atoms with Crippen molar-refractivity contribution in [3.63, 3.8) is 0 Å². The standard InChI is InChI=1S/C16H30N2O2/c1-13-10-14(2)12-15(11-13)18-8-6-17(7-9-18)5-4-16(19)20-3/h13-15H,4-12H2,1-3H3. The van der Waals surface area contributed by atoms with Gasteiger partial charge in [-0.05, 0) is 31.1 Å². The minimum absolute atomic E-state index is 0.0950. The lowest BCUT2D eigenvalue weighted by Gasteiger charge is -2.43. The van der Waals surface area contributed by atoms with E-state index in [1.807, 2.05) is 0 Å². The molecule has 0 N–H and O–H groups in total. The molecule has 0 aromatic heterocycles. The highest BCUT2D eigenvalue weighted by Crippen LogP contribution is 2.31. The molecule has 4 heteroatoms. The van der Waals surface area contributed by atoms with Crippen LogP contribution < -0.4 is 0 Å². The van der Waals surface area contributed by atoms with Gasteiger partial charge in [0.1, 0.15) is 0 Å². The van der Waals surface area contributed by atoms with Gasteiger partial charge in [0.2, 0.25) is 0 Å². The molecule has 0 aromatic rings. The van der Waals surface area contributed by atoms with Gasteiger partial charge in [0.05, 0.1) is 13.5 Å². The lowest BCUT2D eigenvalue weighted by molar-refractivity contribution is -0.141. The van der Waals surface area contributed by atoms with Crippen molar-refractivity contribution in [2.75, 3.05) is 39.8 Å². The van der Waals surface area contributed by atoms with Gasteiger partial charge >= 0.3 is 5.97 Å². The van der Waals surface area contributed by atoms with Crippen molar-refractivity contribution in [3.8, 4) is 0 Å². The molecule has 0 spiro atoms. The van der Waals surface area contributed by atoms with Crippen LogP contribution >= 0.6 is 0 Å². The molecule has 20 heavy (non-hydrogen) atoms. The molecule has 0 amide bonds. The maximum Gasteiger partial charge on any atom is 0.306 e. The van der Waals surface area contributed by atoms with E-state index in [0.29, 0.717) is 6.42 Å².